The lowest BCUT2D eigenvalue weighted by Crippen LogP contribution is -2.24. The largest absolute Gasteiger partial charge is 0.422 e. The Hall–Kier alpha value is -3.67. The molecule has 2 amide bonds. The van der Waals surface area contributed by atoms with Crippen LogP contribution in [0.15, 0.2) is 71.8 Å². The van der Waals surface area contributed by atoms with Gasteiger partial charge in [-0.1, -0.05) is 48.5 Å². The number of carbonyl (C=O) groups is 2. The van der Waals surface area contributed by atoms with Crippen molar-refractivity contribution < 1.29 is 14.3 Å². The zero-order valence-corrected chi connectivity index (χ0v) is 13.2. The number of ether oxygens (including phenoxy) is 1. The summed E-state index contributed by atoms with van der Waals surface area (Å²) < 4.78 is 5.52. The van der Waals surface area contributed by atoms with E-state index in [9.17, 15) is 9.59 Å². The number of hydrogen-bond acceptors (Lipinski definition) is 4. The molecule has 124 valence electrons. The summed E-state index contributed by atoms with van der Waals surface area (Å²) in [6, 6.07) is 19.1. The zero-order chi connectivity index (χ0) is 17.6. The molecule has 0 aromatic heterocycles. The first-order chi connectivity index (χ1) is 12.1. The van der Waals surface area contributed by atoms with Gasteiger partial charge < -0.3 is 10.5 Å². The first-order valence-electron chi connectivity index (χ1n) is 7.52. The van der Waals surface area contributed by atoms with E-state index in [4.69, 9.17) is 10.5 Å². The van der Waals surface area contributed by atoms with Gasteiger partial charge in [-0.3, -0.25) is 0 Å². The molecule has 25 heavy (non-hydrogen) atoms. The average molecular weight is 333 g/mol. The van der Waals surface area contributed by atoms with Crippen molar-refractivity contribution in [2.24, 2.45) is 10.8 Å². The van der Waals surface area contributed by atoms with Gasteiger partial charge in [0.05, 0.1) is 11.8 Å². The number of rotatable bonds is 4. The second-order valence-electron chi connectivity index (χ2n) is 5.19. The second-order valence-corrected chi connectivity index (χ2v) is 5.19. The number of hydrazone groups is 1. The van der Waals surface area contributed by atoms with Crippen LogP contribution in [0, 0.1) is 0 Å². The molecule has 0 aliphatic rings. The van der Waals surface area contributed by atoms with Crippen LogP contribution in [0.25, 0.3) is 10.8 Å². The lowest BCUT2D eigenvalue weighted by atomic mass is 10.0. The summed E-state index contributed by atoms with van der Waals surface area (Å²) in [5.74, 6) is -0.143. The minimum absolute atomic E-state index is 0.329. The smallest absolute Gasteiger partial charge is 0.344 e. The van der Waals surface area contributed by atoms with Crippen molar-refractivity contribution in [2.45, 2.75) is 0 Å². The first-order valence-corrected chi connectivity index (χ1v) is 7.52. The van der Waals surface area contributed by atoms with Crippen LogP contribution in [0.2, 0.25) is 0 Å². The Morgan fingerprint density at radius 1 is 0.960 bits per heavy atom. The zero-order valence-electron chi connectivity index (χ0n) is 13.2. The van der Waals surface area contributed by atoms with Crippen LogP contribution >= 0.6 is 0 Å². The highest BCUT2D eigenvalue weighted by Crippen LogP contribution is 2.22. The van der Waals surface area contributed by atoms with Crippen LogP contribution in [0.3, 0.4) is 0 Å². The molecule has 0 radical (unpaired) electrons. The van der Waals surface area contributed by atoms with E-state index in [1.165, 1.54) is 6.21 Å². The summed E-state index contributed by atoms with van der Waals surface area (Å²) in [5, 5.41) is 5.46. The van der Waals surface area contributed by atoms with Crippen LogP contribution in [0.1, 0.15) is 15.9 Å². The van der Waals surface area contributed by atoms with E-state index in [1.807, 2.05) is 36.4 Å². The normalized spacial score (nSPS) is 10.7. The van der Waals surface area contributed by atoms with Crippen molar-refractivity contribution >= 4 is 29.0 Å². The van der Waals surface area contributed by atoms with Gasteiger partial charge in [0.2, 0.25) is 0 Å². The molecule has 0 saturated carbocycles. The maximum Gasteiger partial charge on any atom is 0.344 e. The van der Waals surface area contributed by atoms with Crippen molar-refractivity contribution in [2.75, 3.05) is 0 Å². The van der Waals surface area contributed by atoms with Gasteiger partial charge in [-0.15, -0.1) is 0 Å². The minimum atomic E-state index is -0.776. The highest BCUT2D eigenvalue weighted by molar-refractivity contribution is 6.05. The number of nitrogens with zero attached hydrogens (tertiary/aromatic N) is 1. The van der Waals surface area contributed by atoms with Crippen molar-refractivity contribution in [1.29, 1.82) is 0 Å². The van der Waals surface area contributed by atoms with Crippen LogP contribution in [0.4, 0.5) is 4.79 Å². The van der Waals surface area contributed by atoms with Crippen LogP contribution in [0.5, 0.6) is 5.75 Å². The Morgan fingerprint density at radius 3 is 2.52 bits per heavy atom. The maximum atomic E-state index is 12.6. The molecule has 0 bridgehead atoms. The van der Waals surface area contributed by atoms with E-state index in [1.54, 1.807) is 30.3 Å². The quantitative estimate of drug-likeness (QED) is 0.332. The van der Waals surface area contributed by atoms with Gasteiger partial charge in [-0.05, 0) is 29.0 Å². The van der Waals surface area contributed by atoms with E-state index in [0.29, 0.717) is 16.9 Å². The summed E-state index contributed by atoms with van der Waals surface area (Å²) >= 11 is 0. The van der Waals surface area contributed by atoms with Crippen LogP contribution < -0.4 is 15.9 Å². The molecule has 0 atom stereocenters. The Balaban J connectivity index is 1.88. The first kappa shape index (κ1) is 16.2. The number of nitrogens with one attached hydrogen (secondary N) is 1. The summed E-state index contributed by atoms with van der Waals surface area (Å²) in [7, 11) is 0. The van der Waals surface area contributed by atoms with Gasteiger partial charge in [0.15, 0.2) is 0 Å². The molecule has 0 unspecified atom stereocenters. The lowest BCUT2D eigenvalue weighted by molar-refractivity contribution is 0.0736. The van der Waals surface area contributed by atoms with Gasteiger partial charge in [0, 0.05) is 5.56 Å². The summed E-state index contributed by atoms with van der Waals surface area (Å²) in [5.41, 5.74) is 8.06. The number of nitrogens with two attached hydrogens (primary N) is 1. The third-order valence-corrected chi connectivity index (χ3v) is 3.51. The number of amides is 2. The number of esters is 1. The molecule has 0 saturated heterocycles. The molecule has 0 fully saturated rings. The molecule has 0 aliphatic heterocycles. The number of hydrogen-bond donors (Lipinski definition) is 2. The molecule has 0 heterocycles. The Kier molecular flexibility index (Phi) is 4.71. The topological polar surface area (TPSA) is 93.8 Å². The van der Waals surface area contributed by atoms with Crippen LogP contribution in [-0.4, -0.2) is 18.2 Å². The average Bonchev–Trinajstić information content (AvgIpc) is 2.62. The molecular weight excluding hydrogens is 318 g/mol. The van der Waals surface area contributed by atoms with E-state index in [0.717, 1.165) is 10.8 Å². The van der Waals surface area contributed by atoms with E-state index >= 15 is 0 Å². The van der Waals surface area contributed by atoms with Gasteiger partial charge in [0.25, 0.3) is 0 Å². The Labute approximate surface area is 143 Å². The Morgan fingerprint density at radius 2 is 1.68 bits per heavy atom. The van der Waals surface area contributed by atoms with Gasteiger partial charge in [-0.25, -0.2) is 15.0 Å². The number of urea groups is 1. The predicted octanol–water partition coefficient (Wildman–Crippen LogP) is 3.06. The number of para-hydroxylation sites is 1. The highest BCUT2D eigenvalue weighted by atomic mass is 16.5. The molecule has 6 heteroatoms. The fourth-order valence-corrected chi connectivity index (χ4v) is 2.40. The summed E-state index contributed by atoms with van der Waals surface area (Å²) in [4.78, 5) is 23.3. The summed E-state index contributed by atoms with van der Waals surface area (Å²) in [6.45, 7) is 0. The molecule has 3 N–H and O–H groups in total. The van der Waals surface area contributed by atoms with Gasteiger partial charge >= 0.3 is 12.0 Å². The minimum Gasteiger partial charge on any atom is -0.422 e. The third kappa shape index (κ3) is 3.81. The number of primary amides is 1. The maximum absolute atomic E-state index is 12.6. The van der Waals surface area contributed by atoms with Gasteiger partial charge in [-0.2, -0.15) is 5.10 Å². The van der Waals surface area contributed by atoms with E-state index < -0.39 is 12.0 Å². The summed E-state index contributed by atoms with van der Waals surface area (Å²) in [6.07, 6.45) is 1.36. The van der Waals surface area contributed by atoms with Crippen molar-refractivity contribution in [3.8, 4) is 5.75 Å². The molecular formula is C19H15N3O3. The second kappa shape index (κ2) is 7.27. The van der Waals surface area contributed by atoms with Crippen molar-refractivity contribution in [3.05, 3.63) is 77.9 Å². The van der Waals surface area contributed by atoms with Crippen molar-refractivity contribution in [1.82, 2.24) is 5.43 Å². The molecule has 3 aromatic carbocycles. The Bertz CT molecular complexity index is 962. The molecule has 0 spiro atoms. The van der Waals surface area contributed by atoms with E-state index in [2.05, 4.69) is 10.5 Å². The van der Waals surface area contributed by atoms with Crippen molar-refractivity contribution in [3.63, 3.8) is 0 Å². The third-order valence-electron chi connectivity index (χ3n) is 3.51. The highest BCUT2D eigenvalue weighted by Gasteiger charge is 2.13. The number of carbonyl (C=O) groups excluding carboxylic acids is 2. The SMILES string of the molecule is NC(=O)N/N=C/c1ccccc1OC(=O)c1cccc2ccccc12. The van der Waals surface area contributed by atoms with Crippen LogP contribution in [-0.2, 0) is 0 Å². The standard InChI is InChI=1S/C19H15N3O3/c20-19(24)22-21-12-14-7-2-4-11-17(14)25-18(23)16-10-5-8-13-6-1-3-9-15(13)16/h1-12H,(H3,20,22,24)/b21-12+. The number of benzene rings is 3. The monoisotopic (exact) mass is 333 g/mol. The van der Waals surface area contributed by atoms with E-state index in [-0.39, 0.29) is 0 Å². The fraction of sp³-hybridized carbons (Fsp3) is 0. The lowest BCUT2D eigenvalue weighted by Gasteiger charge is -2.09. The molecule has 6 nitrogen and oxygen atoms in total. The number of fused-ring (bicyclic) bond motifs is 1. The molecule has 0 aliphatic carbocycles. The fourth-order valence-electron chi connectivity index (χ4n) is 2.40. The molecule has 3 rings (SSSR count). The predicted molar refractivity (Wildman–Crippen MR) is 95.7 cm³/mol. The molecule has 3 aromatic rings. The van der Waals surface area contributed by atoms with Gasteiger partial charge in [0.1, 0.15) is 5.75 Å².